The van der Waals surface area contributed by atoms with Crippen LogP contribution in [0, 0.1) is 0 Å². The summed E-state index contributed by atoms with van der Waals surface area (Å²) in [5, 5.41) is 0.537. The molecule has 2 heterocycles. The van der Waals surface area contributed by atoms with Crippen molar-refractivity contribution in [2.45, 2.75) is 0 Å². The molecule has 134 valence electrons. The van der Waals surface area contributed by atoms with Crippen LogP contribution in [0.15, 0.2) is 100 Å². The number of aromatic nitrogens is 1. The maximum Gasteiger partial charge on any atom is 0.348 e. The fourth-order valence-electron chi connectivity index (χ4n) is 3.32. The van der Waals surface area contributed by atoms with E-state index in [1.165, 1.54) is 11.3 Å². The third kappa shape index (κ3) is 2.84. The zero-order valence-corrected chi connectivity index (χ0v) is 15.6. The summed E-state index contributed by atoms with van der Waals surface area (Å²) in [5.41, 5.74) is 3.35. The van der Waals surface area contributed by atoms with Crippen molar-refractivity contribution < 1.29 is 4.42 Å². The molecule has 5 rings (SSSR count). The Morgan fingerprint density at radius 3 is 1.82 bits per heavy atom. The molecule has 0 saturated carbocycles. The van der Waals surface area contributed by atoms with Gasteiger partial charge in [0.05, 0.1) is 0 Å². The fraction of sp³-hybridized carbons (Fsp3) is 0. The smallest absolute Gasteiger partial charge is 0.348 e. The molecule has 0 spiro atoms. The molecule has 3 aromatic carbocycles. The van der Waals surface area contributed by atoms with Gasteiger partial charge in [0.25, 0.3) is 0 Å². The van der Waals surface area contributed by atoms with Gasteiger partial charge in [0.2, 0.25) is 5.89 Å². The molecule has 0 unspecified atom stereocenters. The quantitative estimate of drug-likeness (QED) is 0.371. The Morgan fingerprint density at radius 1 is 0.679 bits per heavy atom. The van der Waals surface area contributed by atoms with Crippen LogP contribution >= 0.6 is 11.3 Å². The lowest BCUT2D eigenvalue weighted by Gasteiger charge is -2.05. The van der Waals surface area contributed by atoms with Crippen molar-refractivity contribution in [3.05, 3.63) is 101 Å². The predicted molar refractivity (Wildman–Crippen MR) is 114 cm³/mol. The molecule has 0 aliphatic heterocycles. The molecule has 0 radical (unpaired) electrons. The first-order valence-electron chi connectivity index (χ1n) is 8.95. The summed E-state index contributed by atoms with van der Waals surface area (Å²) >= 11 is 1.52. The molecular formula is C24H15NO2S. The van der Waals surface area contributed by atoms with Crippen molar-refractivity contribution in [2.24, 2.45) is 0 Å². The summed E-state index contributed by atoms with van der Waals surface area (Å²) in [7, 11) is 0. The van der Waals surface area contributed by atoms with Gasteiger partial charge in [-0.05, 0) is 23.3 Å². The molecule has 0 amide bonds. The average Bonchev–Trinajstić information content (AvgIpc) is 3.16. The highest BCUT2D eigenvalue weighted by Gasteiger charge is 2.21. The van der Waals surface area contributed by atoms with Crippen LogP contribution < -0.4 is 5.63 Å². The minimum absolute atomic E-state index is 0.346. The predicted octanol–water partition coefficient (Wildman–Crippen LogP) is 6.25. The Kier molecular flexibility index (Phi) is 4.11. The lowest BCUT2D eigenvalue weighted by atomic mass is 10.0. The van der Waals surface area contributed by atoms with E-state index in [-0.39, 0.29) is 5.63 Å². The van der Waals surface area contributed by atoms with E-state index in [2.05, 4.69) is 12.1 Å². The van der Waals surface area contributed by atoms with Crippen molar-refractivity contribution in [3.63, 3.8) is 0 Å². The van der Waals surface area contributed by atoms with Gasteiger partial charge in [-0.2, -0.15) is 0 Å². The van der Waals surface area contributed by atoms with Crippen LogP contribution in [0.2, 0.25) is 0 Å². The highest BCUT2D eigenvalue weighted by Crippen LogP contribution is 2.43. The van der Waals surface area contributed by atoms with Crippen LogP contribution in [0.3, 0.4) is 0 Å². The number of thiophene rings is 1. The van der Waals surface area contributed by atoms with Crippen molar-refractivity contribution >= 4 is 21.6 Å². The van der Waals surface area contributed by atoms with Gasteiger partial charge in [-0.3, -0.25) is 0 Å². The first-order chi connectivity index (χ1) is 13.8. The first-order valence-corrected chi connectivity index (χ1v) is 9.77. The van der Waals surface area contributed by atoms with Gasteiger partial charge in [-0.25, -0.2) is 9.78 Å². The van der Waals surface area contributed by atoms with Crippen LogP contribution in [-0.2, 0) is 0 Å². The number of fused-ring (bicyclic) bond motifs is 1. The number of hydrogen-bond donors (Lipinski definition) is 0. The molecule has 3 nitrogen and oxygen atoms in total. The first kappa shape index (κ1) is 16.7. The minimum atomic E-state index is -0.360. The highest BCUT2D eigenvalue weighted by atomic mass is 32.1. The summed E-state index contributed by atoms with van der Waals surface area (Å²) in [5.74, 6) is 0.346. The fourth-order valence-corrected chi connectivity index (χ4v) is 4.50. The van der Waals surface area contributed by atoms with E-state index >= 15 is 0 Å². The van der Waals surface area contributed by atoms with Gasteiger partial charge in [-0.15, -0.1) is 11.3 Å². The van der Waals surface area contributed by atoms with Crippen LogP contribution in [0.5, 0.6) is 0 Å². The molecule has 0 aliphatic rings. The number of hydrogen-bond acceptors (Lipinski definition) is 4. The second kappa shape index (κ2) is 6.91. The van der Waals surface area contributed by atoms with Crippen molar-refractivity contribution in [3.8, 4) is 33.0 Å². The van der Waals surface area contributed by atoms with E-state index in [0.717, 1.165) is 27.1 Å². The largest absolute Gasteiger partial charge is 0.403 e. The van der Waals surface area contributed by atoms with Gasteiger partial charge in [0.15, 0.2) is 0 Å². The standard InChI is InChI=1S/C24H15NO2S/c26-24-20-19(16-10-4-1-5-11-16)21(17-12-6-2-7-13-17)28-23(20)25-22(27-24)18-14-8-3-9-15-18/h1-15H. The number of benzene rings is 3. The Balaban J connectivity index is 1.84. The Labute approximate surface area is 165 Å². The van der Waals surface area contributed by atoms with Crippen LogP contribution in [0.4, 0.5) is 0 Å². The molecule has 2 aromatic heterocycles. The third-order valence-corrected chi connectivity index (χ3v) is 5.74. The van der Waals surface area contributed by atoms with Gasteiger partial charge in [0, 0.05) is 16.0 Å². The zero-order valence-electron chi connectivity index (χ0n) is 14.8. The van der Waals surface area contributed by atoms with Crippen LogP contribution in [0.1, 0.15) is 0 Å². The molecule has 0 bridgehead atoms. The summed E-state index contributed by atoms with van der Waals surface area (Å²) in [4.78, 5) is 19.4. The Hall–Kier alpha value is -3.50. The number of rotatable bonds is 3. The van der Waals surface area contributed by atoms with Crippen molar-refractivity contribution in [1.29, 1.82) is 0 Å². The highest BCUT2D eigenvalue weighted by molar-refractivity contribution is 7.22. The van der Waals surface area contributed by atoms with E-state index < -0.39 is 0 Å². The SMILES string of the molecule is O=c1oc(-c2ccccc2)nc2sc(-c3ccccc3)c(-c3ccccc3)c12. The summed E-state index contributed by atoms with van der Waals surface area (Å²) in [6, 6.07) is 29.5. The lowest BCUT2D eigenvalue weighted by molar-refractivity contribution is 0.519. The van der Waals surface area contributed by atoms with Gasteiger partial charge in [-0.1, -0.05) is 78.9 Å². The van der Waals surface area contributed by atoms with Gasteiger partial charge in [0.1, 0.15) is 10.2 Å². The van der Waals surface area contributed by atoms with Crippen molar-refractivity contribution in [2.75, 3.05) is 0 Å². The van der Waals surface area contributed by atoms with Gasteiger partial charge < -0.3 is 4.42 Å². The van der Waals surface area contributed by atoms with Crippen LogP contribution in [0.25, 0.3) is 43.2 Å². The topological polar surface area (TPSA) is 43.1 Å². The minimum Gasteiger partial charge on any atom is -0.403 e. The molecule has 0 atom stereocenters. The second-order valence-electron chi connectivity index (χ2n) is 6.39. The lowest BCUT2D eigenvalue weighted by Crippen LogP contribution is -2.02. The second-order valence-corrected chi connectivity index (χ2v) is 7.39. The molecule has 28 heavy (non-hydrogen) atoms. The normalized spacial score (nSPS) is 11.0. The summed E-state index contributed by atoms with van der Waals surface area (Å²) in [6.45, 7) is 0. The molecule has 4 heteroatoms. The molecule has 0 saturated heterocycles. The summed E-state index contributed by atoms with van der Waals surface area (Å²) in [6.07, 6.45) is 0. The van der Waals surface area contributed by atoms with E-state index in [0.29, 0.717) is 16.1 Å². The van der Waals surface area contributed by atoms with Crippen LogP contribution in [-0.4, -0.2) is 4.98 Å². The monoisotopic (exact) mass is 381 g/mol. The van der Waals surface area contributed by atoms with E-state index in [1.54, 1.807) is 0 Å². The maximum atomic E-state index is 13.0. The van der Waals surface area contributed by atoms with E-state index in [1.807, 2.05) is 78.9 Å². The molecule has 5 aromatic rings. The third-order valence-electron chi connectivity index (χ3n) is 4.61. The summed E-state index contributed by atoms with van der Waals surface area (Å²) < 4.78 is 5.63. The van der Waals surface area contributed by atoms with E-state index in [9.17, 15) is 4.79 Å². The van der Waals surface area contributed by atoms with E-state index in [4.69, 9.17) is 9.40 Å². The molecule has 0 N–H and O–H groups in total. The Bertz CT molecular complexity index is 1310. The Morgan fingerprint density at radius 2 is 1.21 bits per heavy atom. The van der Waals surface area contributed by atoms with Gasteiger partial charge >= 0.3 is 5.63 Å². The number of nitrogens with zero attached hydrogens (tertiary/aromatic N) is 1. The molecule has 0 aliphatic carbocycles. The molecule has 0 fully saturated rings. The maximum absolute atomic E-state index is 13.0. The zero-order chi connectivity index (χ0) is 18.9. The average molecular weight is 381 g/mol. The molecular weight excluding hydrogens is 366 g/mol. The van der Waals surface area contributed by atoms with Crippen molar-refractivity contribution in [1.82, 2.24) is 4.98 Å².